The van der Waals surface area contributed by atoms with E-state index in [-0.39, 0.29) is 24.0 Å². The van der Waals surface area contributed by atoms with Crippen LogP contribution in [0.2, 0.25) is 0 Å². The Bertz CT molecular complexity index is 479. The van der Waals surface area contributed by atoms with Gasteiger partial charge in [0.25, 0.3) is 5.91 Å². The molecule has 1 aliphatic rings. The fourth-order valence-corrected chi connectivity index (χ4v) is 2.31. The topological polar surface area (TPSA) is 137 Å². The predicted molar refractivity (Wildman–Crippen MR) is 61.8 cm³/mol. The van der Waals surface area contributed by atoms with Crippen LogP contribution in [-0.4, -0.2) is 50.4 Å². The molecule has 8 nitrogen and oxygen atoms in total. The summed E-state index contributed by atoms with van der Waals surface area (Å²) in [6.07, 6.45) is -1.19. The average molecular weight is 277 g/mol. The number of rotatable bonds is 3. The van der Waals surface area contributed by atoms with Crippen molar-refractivity contribution in [2.24, 2.45) is 5.73 Å². The van der Waals surface area contributed by atoms with Crippen molar-refractivity contribution in [2.75, 3.05) is 18.2 Å². The van der Waals surface area contributed by atoms with Crippen LogP contribution in [0.5, 0.6) is 0 Å². The van der Waals surface area contributed by atoms with Crippen LogP contribution in [0.15, 0.2) is 6.33 Å². The summed E-state index contributed by atoms with van der Waals surface area (Å²) < 4.78 is 6.54. The third kappa shape index (κ3) is 1.65. The van der Waals surface area contributed by atoms with Crippen LogP contribution < -0.4 is 11.5 Å². The molecule has 6 N–H and O–H groups in total. The Morgan fingerprint density at radius 2 is 2.39 bits per heavy atom. The number of alkyl halides is 1. The standard InChI is InChI=1S/C9H13ClN4O4/c10-2-9(6(16)4(15)1-18-9)14-3-13-5(7(14)11)8(12)17/h3-4,6,15-16H,1-2,11H2,(H2,12,17)/t4-,6-,9-/m0/s1. The first kappa shape index (κ1) is 13.1. The van der Waals surface area contributed by atoms with E-state index in [4.69, 9.17) is 27.8 Å². The molecule has 0 bridgehead atoms. The van der Waals surface area contributed by atoms with Crippen molar-refractivity contribution in [3.63, 3.8) is 0 Å². The van der Waals surface area contributed by atoms with Crippen molar-refractivity contribution in [1.29, 1.82) is 0 Å². The summed E-state index contributed by atoms with van der Waals surface area (Å²) in [6, 6.07) is 0. The van der Waals surface area contributed by atoms with Crippen LogP contribution in [0.1, 0.15) is 10.5 Å². The minimum absolute atomic E-state index is 0.0729. The minimum Gasteiger partial charge on any atom is -0.388 e. The molecule has 3 atom stereocenters. The van der Waals surface area contributed by atoms with E-state index < -0.39 is 23.8 Å². The third-order valence-corrected chi connectivity index (χ3v) is 3.35. The summed E-state index contributed by atoms with van der Waals surface area (Å²) in [7, 11) is 0. The number of aliphatic hydroxyl groups is 2. The highest BCUT2D eigenvalue weighted by Gasteiger charge is 2.51. The molecule has 0 unspecified atom stereocenters. The number of aromatic nitrogens is 2. The summed E-state index contributed by atoms with van der Waals surface area (Å²) in [5, 5.41) is 19.5. The number of nitrogens with zero attached hydrogens (tertiary/aromatic N) is 2. The Morgan fingerprint density at radius 1 is 1.72 bits per heavy atom. The monoisotopic (exact) mass is 276 g/mol. The molecule has 1 aliphatic heterocycles. The summed E-state index contributed by atoms with van der Waals surface area (Å²) in [5.74, 6) is -1.05. The number of nitrogen functional groups attached to an aromatic ring is 1. The molecule has 1 amide bonds. The van der Waals surface area contributed by atoms with E-state index in [1.165, 1.54) is 10.9 Å². The maximum Gasteiger partial charge on any atom is 0.271 e. The highest BCUT2D eigenvalue weighted by molar-refractivity contribution is 6.18. The van der Waals surface area contributed by atoms with Gasteiger partial charge >= 0.3 is 0 Å². The van der Waals surface area contributed by atoms with Crippen LogP contribution >= 0.6 is 11.6 Å². The first-order chi connectivity index (χ1) is 8.44. The summed E-state index contributed by atoms with van der Waals surface area (Å²) in [5.41, 5.74) is 9.22. The molecule has 1 fully saturated rings. The number of primary amides is 1. The number of ether oxygens (including phenoxy) is 1. The quantitative estimate of drug-likeness (QED) is 0.481. The zero-order valence-electron chi connectivity index (χ0n) is 9.28. The van der Waals surface area contributed by atoms with Crippen LogP contribution in [0.4, 0.5) is 5.82 Å². The fourth-order valence-electron chi connectivity index (χ4n) is 1.95. The Morgan fingerprint density at radius 3 is 2.78 bits per heavy atom. The Kier molecular flexibility index (Phi) is 3.20. The number of nitrogens with two attached hydrogens (primary N) is 2. The lowest BCUT2D eigenvalue weighted by atomic mass is 10.1. The van der Waals surface area contributed by atoms with E-state index in [9.17, 15) is 15.0 Å². The van der Waals surface area contributed by atoms with E-state index >= 15 is 0 Å². The molecule has 0 aliphatic carbocycles. The Balaban J connectivity index is 2.49. The van der Waals surface area contributed by atoms with Crippen molar-refractivity contribution < 1.29 is 19.7 Å². The van der Waals surface area contributed by atoms with Gasteiger partial charge in [0.05, 0.1) is 18.8 Å². The second kappa shape index (κ2) is 4.39. The van der Waals surface area contributed by atoms with Crippen molar-refractivity contribution in [3.05, 3.63) is 12.0 Å². The van der Waals surface area contributed by atoms with E-state index in [0.29, 0.717) is 0 Å². The maximum absolute atomic E-state index is 11.1. The van der Waals surface area contributed by atoms with Gasteiger partial charge in [0.15, 0.2) is 11.4 Å². The van der Waals surface area contributed by atoms with Crippen LogP contribution in [0.25, 0.3) is 0 Å². The van der Waals surface area contributed by atoms with Gasteiger partial charge in [0.2, 0.25) is 0 Å². The van der Waals surface area contributed by atoms with Gasteiger partial charge in [0.1, 0.15) is 18.0 Å². The number of anilines is 1. The van der Waals surface area contributed by atoms with Gasteiger partial charge in [-0.2, -0.15) is 0 Å². The second-order valence-corrected chi connectivity index (χ2v) is 4.28. The second-order valence-electron chi connectivity index (χ2n) is 4.01. The van der Waals surface area contributed by atoms with Crippen molar-refractivity contribution in [2.45, 2.75) is 17.9 Å². The first-order valence-corrected chi connectivity index (χ1v) is 5.66. The Hall–Kier alpha value is -1.35. The van der Waals surface area contributed by atoms with Gasteiger partial charge < -0.3 is 26.4 Å². The molecule has 0 spiro atoms. The average Bonchev–Trinajstić information content (AvgIpc) is 2.84. The number of carbonyl (C=O) groups is 1. The number of halogens is 1. The van der Waals surface area contributed by atoms with Gasteiger partial charge in [-0.3, -0.25) is 9.36 Å². The first-order valence-electron chi connectivity index (χ1n) is 5.13. The van der Waals surface area contributed by atoms with Crippen molar-refractivity contribution >= 4 is 23.3 Å². The molecule has 0 saturated carbocycles. The number of hydrogen-bond acceptors (Lipinski definition) is 6. The number of aliphatic hydroxyl groups excluding tert-OH is 2. The molecule has 1 aromatic rings. The third-order valence-electron chi connectivity index (χ3n) is 2.97. The van der Waals surface area contributed by atoms with E-state index in [0.717, 1.165) is 0 Å². The van der Waals surface area contributed by atoms with Crippen LogP contribution in [0, 0.1) is 0 Å². The zero-order valence-corrected chi connectivity index (χ0v) is 10.0. The smallest absolute Gasteiger partial charge is 0.271 e. The molecule has 2 rings (SSSR count). The highest BCUT2D eigenvalue weighted by Crippen LogP contribution is 2.35. The number of amides is 1. The largest absolute Gasteiger partial charge is 0.388 e. The van der Waals surface area contributed by atoms with E-state index in [1.54, 1.807) is 0 Å². The molecule has 100 valence electrons. The lowest BCUT2D eigenvalue weighted by molar-refractivity contribution is -0.105. The summed E-state index contributed by atoms with van der Waals surface area (Å²) >= 11 is 5.80. The molecule has 2 heterocycles. The van der Waals surface area contributed by atoms with E-state index in [1.807, 2.05) is 0 Å². The zero-order chi connectivity index (χ0) is 13.5. The van der Waals surface area contributed by atoms with Crippen LogP contribution in [0.3, 0.4) is 0 Å². The summed E-state index contributed by atoms with van der Waals surface area (Å²) in [4.78, 5) is 14.8. The normalized spacial score (nSPS) is 31.7. The summed E-state index contributed by atoms with van der Waals surface area (Å²) in [6.45, 7) is -0.0998. The van der Waals surface area contributed by atoms with Crippen molar-refractivity contribution in [3.8, 4) is 0 Å². The fraction of sp³-hybridized carbons (Fsp3) is 0.556. The number of hydrogen-bond donors (Lipinski definition) is 4. The molecule has 0 aromatic carbocycles. The van der Waals surface area contributed by atoms with Gasteiger partial charge in [-0.15, -0.1) is 11.6 Å². The van der Waals surface area contributed by atoms with Gasteiger partial charge in [-0.25, -0.2) is 4.98 Å². The SMILES string of the molecule is NC(=O)c1ncn([C@@]2(CCl)OC[C@H](O)[C@@H]2O)c1N. The molecular weight excluding hydrogens is 264 g/mol. The molecule has 18 heavy (non-hydrogen) atoms. The molecule has 1 aromatic heterocycles. The van der Waals surface area contributed by atoms with Gasteiger partial charge in [-0.05, 0) is 0 Å². The van der Waals surface area contributed by atoms with E-state index in [2.05, 4.69) is 4.98 Å². The predicted octanol–water partition coefficient (Wildman–Crippen LogP) is -1.79. The minimum atomic E-state index is -1.45. The lowest BCUT2D eigenvalue weighted by Gasteiger charge is -2.31. The molecular formula is C9H13ClN4O4. The maximum atomic E-state index is 11.1. The Labute approximate surface area is 107 Å². The number of carbonyl (C=O) groups excluding carboxylic acids is 1. The molecule has 9 heteroatoms. The van der Waals surface area contributed by atoms with Gasteiger partial charge in [0, 0.05) is 0 Å². The highest BCUT2D eigenvalue weighted by atomic mass is 35.5. The number of imidazole rings is 1. The molecule has 0 radical (unpaired) electrons. The van der Waals surface area contributed by atoms with Crippen LogP contribution in [-0.2, 0) is 10.5 Å². The van der Waals surface area contributed by atoms with Gasteiger partial charge in [-0.1, -0.05) is 0 Å². The lowest BCUT2D eigenvalue weighted by Crippen LogP contribution is -2.47. The van der Waals surface area contributed by atoms with Crippen molar-refractivity contribution in [1.82, 2.24) is 9.55 Å². The molecule has 1 saturated heterocycles.